The second-order valence-corrected chi connectivity index (χ2v) is 6.04. The Morgan fingerprint density at radius 2 is 2.35 bits per heavy atom. The smallest absolute Gasteiger partial charge is 0.227 e. The lowest BCUT2D eigenvalue weighted by molar-refractivity contribution is 0.327. The van der Waals surface area contributed by atoms with Crippen molar-refractivity contribution in [2.45, 2.75) is 25.7 Å². The number of nitrogens with zero attached hydrogens (tertiary/aromatic N) is 3. The van der Waals surface area contributed by atoms with Crippen LogP contribution >= 0.6 is 15.9 Å². The van der Waals surface area contributed by atoms with Crippen LogP contribution in [0.15, 0.2) is 27.3 Å². The minimum absolute atomic E-state index is 0.564. The van der Waals surface area contributed by atoms with Gasteiger partial charge in [0.05, 0.1) is 0 Å². The summed E-state index contributed by atoms with van der Waals surface area (Å²) in [5, 5.41) is 7.43. The number of hydrogen-bond acceptors (Lipinski definition) is 5. The summed E-state index contributed by atoms with van der Waals surface area (Å²) < 4.78 is 6.25. The predicted octanol–water partition coefficient (Wildman–Crippen LogP) is 2.83. The Kier molecular flexibility index (Phi) is 4.42. The summed E-state index contributed by atoms with van der Waals surface area (Å²) in [6, 6.07) is 3.80. The molecule has 0 radical (unpaired) electrons. The average Bonchev–Trinajstić information content (AvgIpc) is 2.96. The minimum atomic E-state index is 0.564. The lowest BCUT2D eigenvalue weighted by Gasteiger charge is -2.21. The number of nitrogens with one attached hydrogen (secondary N) is 1. The summed E-state index contributed by atoms with van der Waals surface area (Å²) >= 11 is 3.36. The molecule has 0 amide bonds. The highest BCUT2D eigenvalue weighted by molar-refractivity contribution is 9.10. The summed E-state index contributed by atoms with van der Waals surface area (Å²) in [4.78, 5) is 8.69. The fourth-order valence-electron chi connectivity index (χ4n) is 2.47. The number of aromatic nitrogens is 3. The van der Waals surface area contributed by atoms with Crippen LogP contribution in [0, 0.1) is 5.92 Å². The molecule has 0 aliphatic carbocycles. The van der Waals surface area contributed by atoms with Gasteiger partial charge in [-0.05, 0) is 66.3 Å². The maximum absolute atomic E-state index is 5.31. The monoisotopic (exact) mass is 336 g/mol. The molecule has 0 spiro atoms. The van der Waals surface area contributed by atoms with Gasteiger partial charge in [0.15, 0.2) is 0 Å². The van der Waals surface area contributed by atoms with Crippen LogP contribution in [0.5, 0.6) is 0 Å². The Balaban J connectivity index is 1.60. The zero-order valence-electron chi connectivity index (χ0n) is 11.2. The molecule has 3 heterocycles. The summed E-state index contributed by atoms with van der Waals surface area (Å²) in [5.74, 6) is 1.99. The van der Waals surface area contributed by atoms with E-state index < -0.39 is 0 Å². The normalized spacial score (nSPS) is 19.1. The third kappa shape index (κ3) is 3.43. The van der Waals surface area contributed by atoms with E-state index in [0.717, 1.165) is 42.0 Å². The van der Waals surface area contributed by atoms with Gasteiger partial charge in [-0.25, -0.2) is 0 Å². The van der Waals surface area contributed by atoms with Crippen LogP contribution in [0.3, 0.4) is 0 Å². The van der Waals surface area contributed by atoms with Crippen molar-refractivity contribution in [2.75, 3.05) is 13.1 Å². The van der Waals surface area contributed by atoms with E-state index in [-0.39, 0.29) is 0 Å². The average molecular weight is 337 g/mol. The Bertz CT molecular complexity index is 549. The van der Waals surface area contributed by atoms with Crippen molar-refractivity contribution in [1.82, 2.24) is 20.4 Å². The molecule has 0 saturated carbocycles. The highest BCUT2D eigenvalue weighted by atomic mass is 79.9. The molecule has 1 unspecified atom stereocenters. The first-order chi connectivity index (χ1) is 9.81. The molecule has 0 aromatic carbocycles. The van der Waals surface area contributed by atoms with E-state index in [1.54, 1.807) is 6.20 Å². The maximum Gasteiger partial charge on any atom is 0.227 e. The number of piperidine rings is 1. The topological polar surface area (TPSA) is 63.8 Å². The van der Waals surface area contributed by atoms with Crippen LogP contribution in [0.2, 0.25) is 0 Å². The fraction of sp³-hybridized carbons (Fsp3) is 0.500. The molecule has 2 aromatic heterocycles. The quantitative estimate of drug-likeness (QED) is 0.929. The van der Waals surface area contributed by atoms with E-state index in [0.29, 0.717) is 11.7 Å². The van der Waals surface area contributed by atoms with Gasteiger partial charge < -0.3 is 9.84 Å². The molecular weight excluding hydrogens is 320 g/mol. The van der Waals surface area contributed by atoms with Crippen LogP contribution in [-0.2, 0) is 6.42 Å². The Hall–Kier alpha value is -1.27. The third-order valence-corrected chi connectivity index (χ3v) is 4.06. The summed E-state index contributed by atoms with van der Waals surface area (Å²) in [5.41, 5.74) is 0.738. The second kappa shape index (κ2) is 6.45. The number of halogens is 1. The predicted molar refractivity (Wildman–Crippen MR) is 79.1 cm³/mol. The molecule has 2 aromatic rings. The van der Waals surface area contributed by atoms with Gasteiger partial charge in [-0.3, -0.25) is 4.98 Å². The second-order valence-electron chi connectivity index (χ2n) is 5.12. The van der Waals surface area contributed by atoms with Crippen molar-refractivity contribution < 1.29 is 4.52 Å². The SMILES string of the molecule is Brc1ccc(-c2noc(CCC3CCCNC3)n2)nc1. The first-order valence-electron chi connectivity index (χ1n) is 6.96. The van der Waals surface area contributed by atoms with Gasteiger partial charge in [0, 0.05) is 17.1 Å². The van der Waals surface area contributed by atoms with E-state index in [1.807, 2.05) is 12.1 Å². The summed E-state index contributed by atoms with van der Waals surface area (Å²) in [6.07, 6.45) is 6.24. The van der Waals surface area contributed by atoms with E-state index >= 15 is 0 Å². The van der Waals surface area contributed by atoms with Crippen LogP contribution in [0.25, 0.3) is 11.5 Å². The number of pyridine rings is 1. The molecule has 20 heavy (non-hydrogen) atoms. The van der Waals surface area contributed by atoms with Gasteiger partial charge >= 0.3 is 0 Å². The fourth-order valence-corrected chi connectivity index (χ4v) is 2.70. The van der Waals surface area contributed by atoms with E-state index in [1.165, 1.54) is 12.8 Å². The molecule has 0 bridgehead atoms. The van der Waals surface area contributed by atoms with Crippen molar-refractivity contribution in [3.63, 3.8) is 0 Å². The molecule has 1 fully saturated rings. The largest absolute Gasteiger partial charge is 0.339 e. The van der Waals surface area contributed by atoms with E-state index in [4.69, 9.17) is 4.52 Å². The molecule has 106 valence electrons. The Labute approximate surface area is 126 Å². The van der Waals surface area contributed by atoms with Crippen molar-refractivity contribution in [3.8, 4) is 11.5 Å². The highest BCUT2D eigenvalue weighted by Crippen LogP contribution is 2.19. The highest BCUT2D eigenvalue weighted by Gasteiger charge is 2.15. The maximum atomic E-state index is 5.31. The molecule has 1 aliphatic heterocycles. The summed E-state index contributed by atoms with van der Waals surface area (Å²) in [7, 11) is 0. The van der Waals surface area contributed by atoms with E-state index in [2.05, 4.69) is 36.4 Å². The number of hydrogen-bond donors (Lipinski definition) is 1. The Morgan fingerprint density at radius 3 is 3.10 bits per heavy atom. The van der Waals surface area contributed by atoms with Crippen molar-refractivity contribution in [3.05, 3.63) is 28.7 Å². The van der Waals surface area contributed by atoms with Crippen molar-refractivity contribution in [1.29, 1.82) is 0 Å². The van der Waals surface area contributed by atoms with Gasteiger partial charge in [-0.15, -0.1) is 0 Å². The van der Waals surface area contributed by atoms with Crippen LogP contribution < -0.4 is 5.32 Å². The van der Waals surface area contributed by atoms with Gasteiger partial charge in [0.2, 0.25) is 11.7 Å². The van der Waals surface area contributed by atoms with Crippen LogP contribution in [0.1, 0.15) is 25.2 Å². The first kappa shape index (κ1) is 13.7. The molecular formula is C14H17BrN4O. The van der Waals surface area contributed by atoms with Crippen molar-refractivity contribution in [2.24, 2.45) is 5.92 Å². The van der Waals surface area contributed by atoms with Crippen LogP contribution in [0.4, 0.5) is 0 Å². The zero-order chi connectivity index (χ0) is 13.8. The third-order valence-electron chi connectivity index (χ3n) is 3.59. The first-order valence-corrected chi connectivity index (χ1v) is 7.76. The molecule has 1 atom stereocenters. The molecule has 6 heteroatoms. The molecule has 1 saturated heterocycles. The Morgan fingerprint density at radius 1 is 1.40 bits per heavy atom. The van der Waals surface area contributed by atoms with Gasteiger partial charge in [0.1, 0.15) is 5.69 Å². The van der Waals surface area contributed by atoms with Gasteiger partial charge in [-0.1, -0.05) is 5.16 Å². The molecule has 1 N–H and O–H groups in total. The van der Waals surface area contributed by atoms with Crippen LogP contribution in [-0.4, -0.2) is 28.2 Å². The molecule has 1 aliphatic rings. The molecule has 3 rings (SSSR count). The lowest BCUT2D eigenvalue weighted by atomic mass is 9.95. The molecule has 5 nitrogen and oxygen atoms in total. The van der Waals surface area contributed by atoms with Gasteiger partial charge in [0.25, 0.3) is 0 Å². The zero-order valence-corrected chi connectivity index (χ0v) is 12.8. The van der Waals surface area contributed by atoms with Crippen molar-refractivity contribution >= 4 is 15.9 Å². The lowest BCUT2D eigenvalue weighted by Crippen LogP contribution is -2.29. The standard InChI is InChI=1S/C14H17BrN4O/c15-11-4-5-12(17-9-11)14-18-13(20-19-14)6-3-10-2-1-7-16-8-10/h4-5,9-10,16H,1-3,6-8H2. The number of rotatable bonds is 4. The minimum Gasteiger partial charge on any atom is -0.339 e. The summed E-state index contributed by atoms with van der Waals surface area (Å²) in [6.45, 7) is 2.26. The van der Waals surface area contributed by atoms with E-state index in [9.17, 15) is 0 Å². The van der Waals surface area contributed by atoms with Gasteiger partial charge in [-0.2, -0.15) is 4.98 Å². The number of aryl methyl sites for hydroxylation is 1.